The summed E-state index contributed by atoms with van der Waals surface area (Å²) in [5.74, 6) is 1.05. The van der Waals surface area contributed by atoms with E-state index in [0.29, 0.717) is 0 Å². The zero-order chi connectivity index (χ0) is 12.1. The molecule has 0 radical (unpaired) electrons. The van der Waals surface area contributed by atoms with E-state index in [1.54, 1.807) is 11.8 Å². The Bertz CT molecular complexity index is 340. The first-order chi connectivity index (χ1) is 7.50. The number of halogens is 1. The van der Waals surface area contributed by atoms with Gasteiger partial charge in [0.05, 0.1) is 5.02 Å². The summed E-state index contributed by atoms with van der Waals surface area (Å²) in [5.41, 5.74) is 6.89. The van der Waals surface area contributed by atoms with Crippen molar-refractivity contribution in [3.8, 4) is 0 Å². The maximum atomic E-state index is 6.20. The molecule has 0 aromatic heterocycles. The molecule has 0 fully saturated rings. The monoisotopic (exact) mass is 258 g/mol. The van der Waals surface area contributed by atoms with Gasteiger partial charge in [-0.2, -0.15) is 0 Å². The normalized spacial score (nSPS) is 13.1. The van der Waals surface area contributed by atoms with Gasteiger partial charge < -0.3 is 10.6 Å². The summed E-state index contributed by atoms with van der Waals surface area (Å²) >= 11 is 7.98. The molecule has 0 heterocycles. The van der Waals surface area contributed by atoms with Gasteiger partial charge in [0.2, 0.25) is 0 Å². The van der Waals surface area contributed by atoms with Crippen molar-refractivity contribution in [2.24, 2.45) is 5.73 Å². The highest BCUT2D eigenvalue weighted by Crippen LogP contribution is 2.29. The van der Waals surface area contributed by atoms with E-state index >= 15 is 0 Å². The van der Waals surface area contributed by atoms with Gasteiger partial charge in [-0.25, -0.2) is 0 Å². The maximum Gasteiger partial charge on any atom is 0.0545 e. The lowest BCUT2D eigenvalue weighted by Gasteiger charge is -2.11. The number of benzene rings is 1. The van der Waals surface area contributed by atoms with E-state index in [-0.39, 0.29) is 6.04 Å². The molecule has 1 aromatic carbocycles. The predicted molar refractivity (Wildman–Crippen MR) is 73.3 cm³/mol. The molecule has 0 aliphatic rings. The first kappa shape index (κ1) is 13.8. The molecule has 1 rings (SSSR count). The van der Waals surface area contributed by atoms with Gasteiger partial charge in [0.1, 0.15) is 0 Å². The van der Waals surface area contributed by atoms with E-state index in [1.165, 1.54) is 0 Å². The van der Waals surface area contributed by atoms with Crippen LogP contribution < -0.4 is 5.73 Å². The first-order valence-corrected chi connectivity index (χ1v) is 6.69. The van der Waals surface area contributed by atoms with Crippen LogP contribution >= 0.6 is 23.4 Å². The molecule has 1 atom stereocenters. The smallest absolute Gasteiger partial charge is 0.0545 e. The fraction of sp³-hybridized carbons (Fsp3) is 0.500. The van der Waals surface area contributed by atoms with Crippen LogP contribution in [0.2, 0.25) is 5.02 Å². The number of nitrogens with zero attached hydrogens (tertiary/aromatic N) is 1. The van der Waals surface area contributed by atoms with Gasteiger partial charge in [0.25, 0.3) is 0 Å². The molecule has 0 saturated carbocycles. The summed E-state index contributed by atoms with van der Waals surface area (Å²) < 4.78 is 0. The van der Waals surface area contributed by atoms with Crippen LogP contribution in [0.5, 0.6) is 0 Å². The van der Waals surface area contributed by atoms with Crippen LogP contribution in [0.25, 0.3) is 0 Å². The standard InChI is InChI=1S/C12H19ClN2S/c1-9(14)10-4-5-12(11(13)8-10)16-7-6-15(2)3/h4-5,8-9H,6-7,14H2,1-3H3/t9-/m0/s1. The van der Waals surface area contributed by atoms with Gasteiger partial charge in [0, 0.05) is 23.2 Å². The minimum Gasteiger partial charge on any atom is -0.324 e. The quantitative estimate of drug-likeness (QED) is 0.824. The average Bonchev–Trinajstić information content (AvgIpc) is 2.19. The molecule has 0 aliphatic heterocycles. The van der Waals surface area contributed by atoms with Gasteiger partial charge in [0.15, 0.2) is 0 Å². The van der Waals surface area contributed by atoms with Crippen LogP contribution in [0.1, 0.15) is 18.5 Å². The molecule has 0 bridgehead atoms. The zero-order valence-corrected chi connectivity index (χ0v) is 11.6. The van der Waals surface area contributed by atoms with Crippen molar-refractivity contribution in [1.29, 1.82) is 0 Å². The maximum absolute atomic E-state index is 6.20. The molecule has 0 amide bonds. The van der Waals surface area contributed by atoms with Crippen LogP contribution in [0.4, 0.5) is 0 Å². The van der Waals surface area contributed by atoms with Crippen molar-refractivity contribution < 1.29 is 0 Å². The van der Waals surface area contributed by atoms with Crippen molar-refractivity contribution in [3.05, 3.63) is 28.8 Å². The Kier molecular flexibility index (Phi) is 5.62. The van der Waals surface area contributed by atoms with Gasteiger partial charge >= 0.3 is 0 Å². The molecule has 90 valence electrons. The lowest BCUT2D eigenvalue weighted by molar-refractivity contribution is 0.437. The van der Waals surface area contributed by atoms with E-state index in [1.807, 2.05) is 13.0 Å². The SMILES string of the molecule is C[C@H](N)c1ccc(SCCN(C)C)c(Cl)c1. The van der Waals surface area contributed by atoms with Crippen LogP contribution in [0.3, 0.4) is 0 Å². The number of hydrogen-bond acceptors (Lipinski definition) is 3. The Morgan fingerprint density at radius 2 is 2.12 bits per heavy atom. The summed E-state index contributed by atoms with van der Waals surface area (Å²) in [6.07, 6.45) is 0. The minimum absolute atomic E-state index is 0.0401. The average molecular weight is 259 g/mol. The Hall–Kier alpha value is -0.220. The molecular formula is C12H19ClN2S. The Balaban J connectivity index is 2.61. The van der Waals surface area contributed by atoms with Crippen molar-refractivity contribution >= 4 is 23.4 Å². The largest absolute Gasteiger partial charge is 0.324 e. The molecule has 2 nitrogen and oxygen atoms in total. The molecule has 0 aliphatic carbocycles. The van der Waals surface area contributed by atoms with Crippen molar-refractivity contribution in [3.63, 3.8) is 0 Å². The summed E-state index contributed by atoms with van der Waals surface area (Å²) in [7, 11) is 4.14. The molecule has 1 aromatic rings. The van der Waals surface area contributed by atoms with E-state index in [4.69, 9.17) is 17.3 Å². The third kappa shape index (κ3) is 4.34. The van der Waals surface area contributed by atoms with Crippen molar-refractivity contribution in [2.45, 2.75) is 17.9 Å². The second-order valence-corrected chi connectivity index (χ2v) is 5.67. The first-order valence-electron chi connectivity index (χ1n) is 5.33. The molecule has 0 unspecified atom stereocenters. The highest BCUT2D eigenvalue weighted by molar-refractivity contribution is 7.99. The summed E-state index contributed by atoms with van der Waals surface area (Å²) in [6, 6.07) is 6.11. The highest BCUT2D eigenvalue weighted by Gasteiger charge is 2.05. The molecule has 2 N–H and O–H groups in total. The Labute approximate surface area is 107 Å². The van der Waals surface area contributed by atoms with Gasteiger partial charge in [-0.05, 0) is 38.7 Å². The summed E-state index contributed by atoms with van der Waals surface area (Å²) in [6.45, 7) is 3.01. The number of thioether (sulfide) groups is 1. The third-order valence-electron chi connectivity index (χ3n) is 2.28. The van der Waals surface area contributed by atoms with E-state index < -0.39 is 0 Å². The fourth-order valence-corrected chi connectivity index (χ4v) is 2.65. The van der Waals surface area contributed by atoms with Crippen LogP contribution in [-0.2, 0) is 0 Å². The number of hydrogen-bond donors (Lipinski definition) is 1. The van der Waals surface area contributed by atoms with E-state index in [0.717, 1.165) is 27.8 Å². The second-order valence-electron chi connectivity index (χ2n) is 4.13. The zero-order valence-electron chi connectivity index (χ0n) is 10.0. The van der Waals surface area contributed by atoms with Crippen LogP contribution in [-0.4, -0.2) is 31.3 Å². The number of nitrogens with two attached hydrogens (primary N) is 1. The summed E-state index contributed by atoms with van der Waals surface area (Å²) in [5, 5.41) is 0.804. The van der Waals surface area contributed by atoms with Crippen LogP contribution in [0, 0.1) is 0 Å². The van der Waals surface area contributed by atoms with E-state index in [9.17, 15) is 0 Å². The van der Waals surface area contributed by atoms with Crippen molar-refractivity contribution in [2.75, 3.05) is 26.4 Å². The van der Waals surface area contributed by atoms with Gasteiger partial charge in [-0.15, -0.1) is 11.8 Å². The molecule has 0 spiro atoms. The molecule has 16 heavy (non-hydrogen) atoms. The number of rotatable bonds is 5. The second kappa shape index (κ2) is 6.50. The van der Waals surface area contributed by atoms with Crippen molar-refractivity contribution in [1.82, 2.24) is 4.90 Å². The molecule has 0 saturated heterocycles. The predicted octanol–water partition coefficient (Wildman–Crippen LogP) is 3.01. The highest BCUT2D eigenvalue weighted by atomic mass is 35.5. The Morgan fingerprint density at radius 1 is 1.44 bits per heavy atom. The topological polar surface area (TPSA) is 29.3 Å². The molecule has 4 heteroatoms. The lowest BCUT2D eigenvalue weighted by Crippen LogP contribution is -2.14. The third-order valence-corrected chi connectivity index (χ3v) is 3.76. The van der Waals surface area contributed by atoms with Crippen LogP contribution in [0.15, 0.2) is 23.1 Å². The lowest BCUT2D eigenvalue weighted by atomic mass is 10.1. The minimum atomic E-state index is 0.0401. The Morgan fingerprint density at radius 3 is 2.62 bits per heavy atom. The molecular weight excluding hydrogens is 240 g/mol. The van der Waals surface area contributed by atoms with Gasteiger partial charge in [-0.3, -0.25) is 0 Å². The van der Waals surface area contributed by atoms with Gasteiger partial charge in [-0.1, -0.05) is 17.7 Å². The fourth-order valence-electron chi connectivity index (χ4n) is 1.26. The van der Waals surface area contributed by atoms with E-state index in [2.05, 4.69) is 31.1 Å². The summed E-state index contributed by atoms with van der Waals surface area (Å²) in [4.78, 5) is 3.30.